The van der Waals surface area contributed by atoms with Crippen molar-refractivity contribution >= 4 is 0 Å². The molecular weight excluding hydrogens is 112 g/mol. The molecule has 2 nitrogen and oxygen atoms in total. The Bertz CT molecular complexity index is 71.3. The molecule has 0 saturated heterocycles. The molecule has 0 aliphatic carbocycles. The highest BCUT2D eigenvalue weighted by Gasteiger charge is 2.00. The van der Waals surface area contributed by atoms with Gasteiger partial charge in [-0.15, -0.1) is 0 Å². The molecule has 0 bridgehead atoms. The van der Waals surface area contributed by atoms with E-state index in [1.165, 1.54) is 12.8 Å². The summed E-state index contributed by atoms with van der Waals surface area (Å²) in [5.74, 6) is 0. The average Bonchev–Trinajstić information content (AvgIpc) is 1.91. The zero-order chi connectivity index (χ0) is 7.11. The largest absolute Gasteiger partial charge is 0.210 e. The van der Waals surface area contributed by atoms with Crippen LogP contribution in [0.3, 0.4) is 0 Å². The summed E-state index contributed by atoms with van der Waals surface area (Å²) in [6.07, 6.45) is 4.53. The van der Waals surface area contributed by atoms with Crippen LogP contribution in [0.4, 0.5) is 0 Å². The summed E-state index contributed by atoms with van der Waals surface area (Å²) >= 11 is 0. The first-order valence-corrected chi connectivity index (χ1v) is 3.71. The summed E-state index contributed by atoms with van der Waals surface area (Å²) in [4.78, 5) is 0. The highest BCUT2D eigenvalue weighted by atomic mass is 15.0. The Hall–Kier alpha value is -0.400. The van der Waals surface area contributed by atoms with Crippen LogP contribution in [0.25, 0.3) is 0 Å². The van der Waals surface area contributed by atoms with Crippen LogP contribution in [0, 0.1) is 5.53 Å². The van der Waals surface area contributed by atoms with Gasteiger partial charge in [0.25, 0.3) is 0 Å². The molecule has 1 atom stereocenters. The second-order valence-electron chi connectivity index (χ2n) is 2.33. The molecule has 0 aliphatic rings. The quantitative estimate of drug-likeness (QED) is 0.552. The van der Waals surface area contributed by atoms with Gasteiger partial charge in [0, 0.05) is 0 Å². The van der Waals surface area contributed by atoms with E-state index in [1.807, 2.05) is 0 Å². The van der Waals surface area contributed by atoms with Crippen molar-refractivity contribution in [1.82, 2.24) is 0 Å². The lowest BCUT2D eigenvalue weighted by Crippen LogP contribution is -1.99. The molecule has 0 aromatic carbocycles. The molecule has 9 heavy (non-hydrogen) atoms. The maximum atomic E-state index is 6.76. The van der Waals surface area contributed by atoms with Gasteiger partial charge < -0.3 is 0 Å². The first kappa shape index (κ1) is 8.60. The van der Waals surface area contributed by atoms with Gasteiger partial charge in [0.2, 0.25) is 0 Å². The lowest BCUT2D eigenvalue weighted by Gasteiger charge is -2.04. The first-order valence-electron chi connectivity index (χ1n) is 3.71. The Morgan fingerprint density at radius 3 is 2.44 bits per heavy atom. The summed E-state index contributed by atoms with van der Waals surface area (Å²) in [7, 11) is 0. The van der Waals surface area contributed by atoms with E-state index in [-0.39, 0.29) is 0 Å². The van der Waals surface area contributed by atoms with Crippen molar-refractivity contribution in [1.29, 1.82) is 5.53 Å². The fourth-order valence-corrected chi connectivity index (χ4v) is 0.800. The SMILES string of the molecule is CCCCC(CC)N=N. The van der Waals surface area contributed by atoms with Gasteiger partial charge >= 0.3 is 0 Å². The van der Waals surface area contributed by atoms with Crippen LogP contribution in [0.2, 0.25) is 0 Å². The van der Waals surface area contributed by atoms with Crippen LogP contribution in [0.5, 0.6) is 0 Å². The van der Waals surface area contributed by atoms with E-state index >= 15 is 0 Å². The molecule has 0 radical (unpaired) electrons. The molecule has 1 unspecified atom stereocenters. The Morgan fingerprint density at radius 1 is 1.44 bits per heavy atom. The number of nitrogens with one attached hydrogen (secondary N) is 1. The zero-order valence-electron chi connectivity index (χ0n) is 6.35. The minimum Gasteiger partial charge on any atom is -0.210 e. The molecule has 0 spiro atoms. The molecule has 0 aromatic rings. The van der Waals surface area contributed by atoms with Gasteiger partial charge in [-0.25, -0.2) is 5.53 Å². The van der Waals surface area contributed by atoms with E-state index < -0.39 is 0 Å². The summed E-state index contributed by atoms with van der Waals surface area (Å²) in [6, 6.07) is 0.296. The van der Waals surface area contributed by atoms with Crippen LogP contribution in [-0.2, 0) is 0 Å². The van der Waals surface area contributed by atoms with Gasteiger partial charge in [-0.1, -0.05) is 26.7 Å². The zero-order valence-corrected chi connectivity index (χ0v) is 6.35. The normalized spacial score (nSPS) is 13.1. The number of unbranched alkanes of at least 4 members (excludes halogenated alkanes) is 1. The number of hydrogen-bond acceptors (Lipinski definition) is 2. The van der Waals surface area contributed by atoms with E-state index in [1.54, 1.807) is 0 Å². The fourth-order valence-electron chi connectivity index (χ4n) is 0.800. The van der Waals surface area contributed by atoms with Gasteiger partial charge in [-0.2, -0.15) is 5.11 Å². The maximum Gasteiger partial charge on any atom is 0.0703 e. The predicted octanol–water partition coefficient (Wildman–Crippen LogP) is 2.99. The third-order valence-electron chi connectivity index (χ3n) is 1.54. The molecule has 0 amide bonds. The Labute approximate surface area is 57.2 Å². The molecule has 0 aliphatic heterocycles. The van der Waals surface area contributed by atoms with Gasteiger partial charge in [0.05, 0.1) is 6.04 Å². The Morgan fingerprint density at radius 2 is 2.11 bits per heavy atom. The summed E-state index contributed by atoms with van der Waals surface area (Å²) in [6.45, 7) is 4.25. The molecule has 0 heterocycles. The van der Waals surface area contributed by atoms with Gasteiger partial charge in [0.1, 0.15) is 0 Å². The minimum absolute atomic E-state index is 0.296. The highest BCUT2D eigenvalue weighted by molar-refractivity contribution is 4.59. The molecule has 0 fully saturated rings. The van der Waals surface area contributed by atoms with Crippen molar-refractivity contribution in [2.45, 2.75) is 45.6 Å². The van der Waals surface area contributed by atoms with Crippen molar-refractivity contribution in [3.05, 3.63) is 0 Å². The number of nitrogens with zero attached hydrogens (tertiary/aromatic N) is 1. The summed E-state index contributed by atoms with van der Waals surface area (Å²) in [5, 5.41) is 3.49. The van der Waals surface area contributed by atoms with Crippen molar-refractivity contribution < 1.29 is 0 Å². The molecular formula is C7H16N2. The second-order valence-corrected chi connectivity index (χ2v) is 2.33. The first-order chi connectivity index (χ1) is 4.35. The lowest BCUT2D eigenvalue weighted by molar-refractivity contribution is 0.535. The molecule has 1 N–H and O–H groups in total. The Kier molecular flexibility index (Phi) is 5.48. The summed E-state index contributed by atoms with van der Waals surface area (Å²) in [5.41, 5.74) is 6.76. The van der Waals surface area contributed by atoms with E-state index in [2.05, 4.69) is 19.0 Å². The minimum atomic E-state index is 0.296. The van der Waals surface area contributed by atoms with Crippen molar-refractivity contribution in [2.75, 3.05) is 0 Å². The lowest BCUT2D eigenvalue weighted by atomic mass is 10.1. The maximum absolute atomic E-state index is 6.76. The van der Waals surface area contributed by atoms with Crippen molar-refractivity contribution in [3.8, 4) is 0 Å². The molecule has 0 rings (SSSR count). The van der Waals surface area contributed by atoms with Crippen LogP contribution in [-0.4, -0.2) is 6.04 Å². The predicted molar refractivity (Wildman–Crippen MR) is 38.8 cm³/mol. The number of rotatable bonds is 5. The van der Waals surface area contributed by atoms with E-state index in [9.17, 15) is 0 Å². The second kappa shape index (κ2) is 5.73. The molecule has 2 heteroatoms. The van der Waals surface area contributed by atoms with Crippen molar-refractivity contribution in [2.24, 2.45) is 5.11 Å². The smallest absolute Gasteiger partial charge is 0.0703 e. The third-order valence-corrected chi connectivity index (χ3v) is 1.54. The average molecular weight is 128 g/mol. The van der Waals surface area contributed by atoms with Crippen LogP contribution in [0.15, 0.2) is 5.11 Å². The summed E-state index contributed by atoms with van der Waals surface area (Å²) < 4.78 is 0. The van der Waals surface area contributed by atoms with E-state index in [0.717, 1.165) is 12.8 Å². The van der Waals surface area contributed by atoms with Gasteiger partial charge in [0.15, 0.2) is 0 Å². The van der Waals surface area contributed by atoms with Crippen LogP contribution in [0.1, 0.15) is 39.5 Å². The molecule has 54 valence electrons. The highest BCUT2D eigenvalue weighted by Crippen LogP contribution is 2.06. The van der Waals surface area contributed by atoms with E-state index in [4.69, 9.17) is 5.53 Å². The van der Waals surface area contributed by atoms with E-state index in [0.29, 0.717) is 6.04 Å². The molecule has 0 aromatic heterocycles. The topological polar surface area (TPSA) is 36.2 Å². The molecule has 0 saturated carbocycles. The van der Waals surface area contributed by atoms with Crippen LogP contribution < -0.4 is 0 Å². The standard InChI is InChI=1S/C7H16N2/c1-3-5-6-7(4-2)9-8/h7-8H,3-6H2,1-2H3. The Balaban J connectivity index is 3.20. The third kappa shape index (κ3) is 4.13. The van der Waals surface area contributed by atoms with Gasteiger partial charge in [-0.05, 0) is 12.8 Å². The van der Waals surface area contributed by atoms with Crippen LogP contribution >= 0.6 is 0 Å². The fraction of sp³-hybridized carbons (Fsp3) is 1.00. The monoisotopic (exact) mass is 128 g/mol. The number of hydrogen-bond donors (Lipinski definition) is 1. The van der Waals surface area contributed by atoms with Crippen molar-refractivity contribution in [3.63, 3.8) is 0 Å². The van der Waals surface area contributed by atoms with Gasteiger partial charge in [-0.3, -0.25) is 0 Å².